The Morgan fingerprint density at radius 3 is 3.07 bits per heavy atom. The Morgan fingerprint density at radius 2 is 2.18 bits per heavy atom. The molecule has 7 nitrogen and oxygen atoms in total. The molecule has 3 aliphatic heterocycles. The van der Waals surface area contributed by atoms with E-state index in [1.807, 2.05) is 17.3 Å². The molecule has 5 heterocycles. The van der Waals surface area contributed by atoms with E-state index < -0.39 is 0 Å². The number of aromatic nitrogens is 3. The number of fused-ring (bicyclic) bond motifs is 2. The molecule has 0 radical (unpaired) electrons. The summed E-state index contributed by atoms with van der Waals surface area (Å²) < 4.78 is 0. The van der Waals surface area contributed by atoms with Crippen molar-refractivity contribution >= 4 is 46.9 Å². The zero-order chi connectivity index (χ0) is 18.4. The average molecular weight is 421 g/mol. The van der Waals surface area contributed by atoms with E-state index in [0.29, 0.717) is 6.04 Å². The molecule has 0 aromatic carbocycles. The lowest BCUT2D eigenvalue weighted by molar-refractivity contribution is -0.128. The molecular weight excluding hydrogens is 396 g/mol. The number of nitrogens with one attached hydrogen (secondary N) is 2. The molecule has 2 fully saturated rings. The normalized spacial score (nSPS) is 24.7. The largest absolute Gasteiger partial charge is 0.346 e. The minimum Gasteiger partial charge on any atom is -0.346 e. The van der Waals surface area contributed by atoms with E-state index in [2.05, 4.69) is 32.1 Å². The number of hydrogen-bond acceptors (Lipinski definition) is 6. The van der Waals surface area contributed by atoms with Crippen LogP contribution in [-0.2, 0) is 4.79 Å². The van der Waals surface area contributed by atoms with Crippen molar-refractivity contribution in [3.05, 3.63) is 29.2 Å². The summed E-state index contributed by atoms with van der Waals surface area (Å²) in [6.45, 7) is 5.68. The average Bonchev–Trinajstić information content (AvgIpc) is 3.33. The Hall–Kier alpha value is -1.77. The number of carbonyl (C=O) groups is 1. The summed E-state index contributed by atoms with van der Waals surface area (Å²) in [5.41, 5.74) is 1.96. The van der Waals surface area contributed by atoms with Crippen molar-refractivity contribution in [3.63, 3.8) is 0 Å². The van der Waals surface area contributed by atoms with Gasteiger partial charge in [0.25, 0.3) is 5.91 Å². The highest BCUT2D eigenvalue weighted by atomic mass is 35.5. The molecule has 2 atom stereocenters. The van der Waals surface area contributed by atoms with Crippen molar-refractivity contribution in [2.75, 3.05) is 36.8 Å². The minimum atomic E-state index is 0. The molecule has 3 aliphatic rings. The number of aryl methyl sites for hydroxylation is 1. The van der Waals surface area contributed by atoms with Gasteiger partial charge in [-0.1, -0.05) is 0 Å². The Bertz CT molecular complexity index is 915. The number of rotatable bonds is 2. The fraction of sp³-hybridized carbons (Fsp3) is 0.526. The smallest absolute Gasteiger partial charge is 0.261 e. The van der Waals surface area contributed by atoms with E-state index in [1.54, 1.807) is 18.1 Å². The van der Waals surface area contributed by atoms with Gasteiger partial charge in [0.2, 0.25) is 0 Å². The van der Waals surface area contributed by atoms with E-state index >= 15 is 0 Å². The fourth-order valence-electron chi connectivity index (χ4n) is 4.47. The molecule has 2 saturated heterocycles. The highest BCUT2D eigenvalue weighted by Crippen LogP contribution is 2.33. The summed E-state index contributed by atoms with van der Waals surface area (Å²) in [6.07, 6.45) is 7.88. The van der Waals surface area contributed by atoms with Gasteiger partial charge in [-0.3, -0.25) is 4.79 Å². The SMILES string of the molecule is Cc1c[nH]c2ncnc(N3C=C(C(=O)N4CC[C@@H]5CCN[C@@H]5C4)SCC3)c12.Cl. The van der Waals surface area contributed by atoms with Crippen molar-refractivity contribution in [3.8, 4) is 0 Å². The maximum atomic E-state index is 13.1. The molecule has 28 heavy (non-hydrogen) atoms. The van der Waals surface area contributed by atoms with Gasteiger partial charge in [-0.05, 0) is 37.8 Å². The first-order valence-electron chi connectivity index (χ1n) is 9.63. The lowest BCUT2D eigenvalue weighted by atomic mass is 9.92. The van der Waals surface area contributed by atoms with Crippen LogP contribution in [0.15, 0.2) is 23.6 Å². The standard InChI is InChI=1S/C19H24N6OS.ClH/c1-12-8-21-17-16(12)18(23-11-22-17)24-6-7-27-15(10-24)19(26)25-5-3-13-2-4-20-14(13)9-25;/h8,10-11,13-14,20H,2-7,9H2,1H3,(H,21,22,23);1H/t13-,14+;/m0./s1. The van der Waals surface area contributed by atoms with Gasteiger partial charge in [-0.2, -0.15) is 0 Å². The molecule has 2 aromatic heterocycles. The molecule has 9 heteroatoms. The first kappa shape index (κ1) is 19.5. The second kappa shape index (κ2) is 7.93. The molecule has 5 rings (SSSR count). The van der Waals surface area contributed by atoms with Crippen LogP contribution in [0.25, 0.3) is 11.0 Å². The second-order valence-electron chi connectivity index (χ2n) is 7.58. The summed E-state index contributed by atoms with van der Waals surface area (Å²) in [4.78, 5) is 30.1. The molecule has 1 amide bonds. The Balaban J connectivity index is 0.00000192. The van der Waals surface area contributed by atoms with Crippen LogP contribution in [0.1, 0.15) is 18.4 Å². The predicted octanol–water partition coefficient (Wildman–Crippen LogP) is 2.29. The molecule has 0 spiro atoms. The number of piperidine rings is 1. The van der Waals surface area contributed by atoms with Gasteiger partial charge in [0.05, 0.1) is 10.3 Å². The molecule has 0 saturated carbocycles. The van der Waals surface area contributed by atoms with Gasteiger partial charge in [-0.25, -0.2) is 9.97 Å². The number of H-pyrrole nitrogens is 1. The van der Waals surface area contributed by atoms with Crippen molar-refractivity contribution < 1.29 is 4.79 Å². The zero-order valence-corrected chi connectivity index (χ0v) is 17.5. The summed E-state index contributed by atoms with van der Waals surface area (Å²) in [6, 6.07) is 0.469. The van der Waals surface area contributed by atoms with E-state index in [-0.39, 0.29) is 18.3 Å². The minimum absolute atomic E-state index is 0. The maximum Gasteiger partial charge on any atom is 0.261 e. The van der Waals surface area contributed by atoms with Crippen LogP contribution in [0.5, 0.6) is 0 Å². The third-order valence-corrected chi connectivity index (χ3v) is 6.94. The molecule has 0 aliphatic carbocycles. The van der Waals surface area contributed by atoms with E-state index in [0.717, 1.165) is 71.6 Å². The quantitative estimate of drug-likeness (QED) is 0.776. The van der Waals surface area contributed by atoms with Crippen LogP contribution in [0.2, 0.25) is 0 Å². The lowest BCUT2D eigenvalue weighted by Gasteiger charge is -2.36. The van der Waals surface area contributed by atoms with E-state index in [1.165, 1.54) is 6.42 Å². The van der Waals surface area contributed by atoms with Crippen molar-refractivity contribution in [1.29, 1.82) is 0 Å². The number of aromatic amines is 1. The molecule has 0 bridgehead atoms. The summed E-state index contributed by atoms with van der Waals surface area (Å²) in [5, 5.41) is 4.58. The van der Waals surface area contributed by atoms with Crippen LogP contribution in [0.3, 0.4) is 0 Å². The first-order valence-corrected chi connectivity index (χ1v) is 10.6. The van der Waals surface area contributed by atoms with Crippen LogP contribution in [0, 0.1) is 12.8 Å². The van der Waals surface area contributed by atoms with Crippen LogP contribution in [0.4, 0.5) is 5.82 Å². The number of likely N-dealkylation sites (tertiary alicyclic amines) is 1. The van der Waals surface area contributed by atoms with Crippen LogP contribution >= 0.6 is 24.2 Å². The van der Waals surface area contributed by atoms with Crippen molar-refractivity contribution in [1.82, 2.24) is 25.2 Å². The Labute approximate surface area is 174 Å². The molecule has 0 unspecified atom stereocenters. The van der Waals surface area contributed by atoms with Crippen molar-refractivity contribution in [2.24, 2.45) is 5.92 Å². The van der Waals surface area contributed by atoms with E-state index in [9.17, 15) is 4.79 Å². The summed E-state index contributed by atoms with van der Waals surface area (Å²) in [7, 11) is 0. The molecule has 2 aromatic rings. The zero-order valence-electron chi connectivity index (χ0n) is 15.9. The Kier molecular flexibility index (Phi) is 5.53. The van der Waals surface area contributed by atoms with Crippen LogP contribution in [-0.4, -0.2) is 63.7 Å². The topological polar surface area (TPSA) is 77.2 Å². The maximum absolute atomic E-state index is 13.1. The third kappa shape index (κ3) is 3.38. The molecule has 150 valence electrons. The molecular formula is C19H25ClN6OS. The lowest BCUT2D eigenvalue weighted by Crippen LogP contribution is -2.49. The number of hydrogen-bond donors (Lipinski definition) is 2. The highest BCUT2D eigenvalue weighted by molar-refractivity contribution is 8.04. The number of thioether (sulfide) groups is 1. The number of carbonyl (C=O) groups excluding carboxylic acids is 1. The Morgan fingerprint density at radius 1 is 1.29 bits per heavy atom. The van der Waals surface area contributed by atoms with Crippen LogP contribution < -0.4 is 10.2 Å². The van der Waals surface area contributed by atoms with Gasteiger partial charge in [0.15, 0.2) is 0 Å². The molecule has 2 N–H and O–H groups in total. The second-order valence-corrected chi connectivity index (χ2v) is 8.71. The summed E-state index contributed by atoms with van der Waals surface area (Å²) in [5.74, 6) is 2.66. The fourth-order valence-corrected chi connectivity index (χ4v) is 5.43. The van der Waals surface area contributed by atoms with Gasteiger partial charge >= 0.3 is 0 Å². The monoisotopic (exact) mass is 420 g/mol. The highest BCUT2D eigenvalue weighted by Gasteiger charge is 2.35. The van der Waals surface area contributed by atoms with E-state index in [4.69, 9.17) is 0 Å². The van der Waals surface area contributed by atoms with Gasteiger partial charge in [-0.15, -0.1) is 24.2 Å². The number of amides is 1. The van der Waals surface area contributed by atoms with Gasteiger partial charge < -0.3 is 20.1 Å². The predicted molar refractivity (Wildman–Crippen MR) is 115 cm³/mol. The summed E-state index contributed by atoms with van der Waals surface area (Å²) >= 11 is 1.66. The number of nitrogens with zero attached hydrogens (tertiary/aromatic N) is 4. The first-order chi connectivity index (χ1) is 13.2. The third-order valence-electron chi connectivity index (χ3n) is 5.96. The van der Waals surface area contributed by atoms with Gasteiger partial charge in [0.1, 0.15) is 17.8 Å². The number of anilines is 1. The van der Waals surface area contributed by atoms with Gasteiger partial charge in [0, 0.05) is 43.8 Å². The number of halogens is 1. The van der Waals surface area contributed by atoms with Crippen molar-refractivity contribution in [2.45, 2.75) is 25.8 Å².